The average Bonchev–Trinajstić information content (AvgIpc) is 3.30. The van der Waals surface area contributed by atoms with Gasteiger partial charge in [0.05, 0.1) is 17.5 Å². The lowest BCUT2D eigenvalue weighted by Crippen LogP contribution is -2.33. The second-order valence-electron chi connectivity index (χ2n) is 5.62. The van der Waals surface area contributed by atoms with Gasteiger partial charge >= 0.3 is 5.97 Å². The van der Waals surface area contributed by atoms with Crippen molar-refractivity contribution in [2.45, 2.75) is 32.6 Å². The van der Waals surface area contributed by atoms with Crippen LogP contribution in [0.25, 0.3) is 0 Å². The Morgan fingerprint density at radius 2 is 1.81 bits per heavy atom. The molecular weight excluding hydrogens is 270 g/mol. The molecule has 0 N–H and O–H groups in total. The summed E-state index contributed by atoms with van der Waals surface area (Å²) in [6.45, 7) is 2.04. The van der Waals surface area contributed by atoms with Gasteiger partial charge in [0.1, 0.15) is 0 Å². The molecule has 0 radical (unpaired) electrons. The van der Waals surface area contributed by atoms with Crippen LogP contribution in [0, 0.1) is 11.8 Å². The van der Waals surface area contributed by atoms with E-state index < -0.39 is 17.8 Å². The third kappa shape index (κ3) is 2.55. The van der Waals surface area contributed by atoms with Crippen LogP contribution in [0.5, 0.6) is 0 Å². The largest absolute Gasteiger partial charge is 0.333 e. The molecule has 21 heavy (non-hydrogen) atoms. The first-order chi connectivity index (χ1) is 10.1. The fourth-order valence-electron chi connectivity index (χ4n) is 2.82. The van der Waals surface area contributed by atoms with Crippen molar-refractivity contribution >= 4 is 17.8 Å². The van der Waals surface area contributed by atoms with E-state index in [9.17, 15) is 14.4 Å². The minimum atomic E-state index is -0.566. The van der Waals surface area contributed by atoms with Gasteiger partial charge in [-0.15, -0.1) is 0 Å². The summed E-state index contributed by atoms with van der Waals surface area (Å²) in [6.07, 6.45) is 3.47. The summed E-state index contributed by atoms with van der Waals surface area (Å²) in [5.74, 6) is -0.771. The number of hydrogen-bond acceptors (Lipinski definition) is 4. The number of imide groups is 1. The minimum Gasteiger partial charge on any atom is -0.330 e. The molecule has 2 amide bonds. The Morgan fingerprint density at radius 1 is 1.24 bits per heavy atom. The van der Waals surface area contributed by atoms with Crippen molar-refractivity contribution in [3.8, 4) is 0 Å². The number of nitrogens with zero attached hydrogens (tertiary/aromatic N) is 1. The molecule has 1 unspecified atom stereocenters. The Hall–Kier alpha value is -2.17. The van der Waals surface area contributed by atoms with Crippen LogP contribution in [-0.4, -0.2) is 22.8 Å². The molecule has 1 aromatic carbocycles. The number of amides is 2. The van der Waals surface area contributed by atoms with E-state index in [0.717, 1.165) is 19.3 Å². The third-order valence-corrected chi connectivity index (χ3v) is 4.19. The lowest BCUT2D eigenvalue weighted by molar-refractivity contribution is -0.169. The molecule has 1 heterocycles. The number of carbonyl (C=O) groups is 3. The SMILES string of the molecule is CCC(CC(=O)ON1C(=O)c2ccccc2C1=O)C1CC1. The number of hydroxylamine groups is 2. The molecule has 1 aliphatic carbocycles. The number of carbonyl (C=O) groups excluding carboxylic acids is 3. The Kier molecular flexibility index (Phi) is 3.49. The smallest absolute Gasteiger partial charge is 0.330 e. The number of fused-ring (bicyclic) bond motifs is 1. The van der Waals surface area contributed by atoms with E-state index in [1.54, 1.807) is 24.3 Å². The van der Waals surface area contributed by atoms with Crippen molar-refractivity contribution in [2.24, 2.45) is 11.8 Å². The van der Waals surface area contributed by atoms with E-state index in [1.807, 2.05) is 6.92 Å². The Bertz CT molecular complexity index is 571. The predicted molar refractivity (Wildman–Crippen MR) is 74.2 cm³/mol. The van der Waals surface area contributed by atoms with E-state index >= 15 is 0 Å². The van der Waals surface area contributed by atoms with Crippen LogP contribution in [0.1, 0.15) is 53.3 Å². The van der Waals surface area contributed by atoms with Crippen molar-refractivity contribution in [3.63, 3.8) is 0 Å². The van der Waals surface area contributed by atoms with Crippen LogP contribution in [0.2, 0.25) is 0 Å². The molecule has 0 aromatic heterocycles. The molecule has 1 aromatic rings. The van der Waals surface area contributed by atoms with Gasteiger partial charge < -0.3 is 4.84 Å². The van der Waals surface area contributed by atoms with Gasteiger partial charge in [-0.1, -0.05) is 30.5 Å². The molecular formula is C16H17NO4. The number of hydrogen-bond donors (Lipinski definition) is 0. The lowest BCUT2D eigenvalue weighted by Gasteiger charge is -2.16. The highest BCUT2D eigenvalue weighted by atomic mass is 16.7. The fraction of sp³-hybridized carbons (Fsp3) is 0.438. The molecule has 1 aliphatic heterocycles. The molecule has 3 rings (SSSR count). The van der Waals surface area contributed by atoms with Gasteiger partial charge in [0.2, 0.25) is 0 Å². The standard InChI is InChI=1S/C16H17NO4/c1-2-10(11-7-8-11)9-14(18)21-17-15(19)12-5-3-4-6-13(12)16(17)20/h3-6,10-11H,2,7-9H2,1H3. The molecule has 0 bridgehead atoms. The van der Waals surface area contributed by atoms with Crippen molar-refractivity contribution in [2.75, 3.05) is 0 Å². The van der Waals surface area contributed by atoms with E-state index in [1.165, 1.54) is 0 Å². The van der Waals surface area contributed by atoms with E-state index in [2.05, 4.69) is 0 Å². The maximum absolute atomic E-state index is 12.1. The molecule has 5 nitrogen and oxygen atoms in total. The van der Waals surface area contributed by atoms with E-state index in [4.69, 9.17) is 4.84 Å². The van der Waals surface area contributed by atoms with Crippen molar-refractivity contribution < 1.29 is 19.2 Å². The first kappa shape index (κ1) is 13.8. The zero-order valence-corrected chi connectivity index (χ0v) is 11.9. The van der Waals surface area contributed by atoms with Crippen LogP contribution < -0.4 is 0 Å². The second-order valence-corrected chi connectivity index (χ2v) is 5.62. The van der Waals surface area contributed by atoms with Gasteiger partial charge in [-0.05, 0) is 36.8 Å². The Balaban J connectivity index is 1.67. The highest BCUT2D eigenvalue weighted by Gasteiger charge is 2.39. The summed E-state index contributed by atoms with van der Waals surface area (Å²) >= 11 is 0. The predicted octanol–water partition coefficient (Wildman–Crippen LogP) is 2.57. The minimum absolute atomic E-state index is 0.259. The van der Waals surface area contributed by atoms with Crippen molar-refractivity contribution in [1.82, 2.24) is 5.06 Å². The molecule has 1 fully saturated rings. The third-order valence-electron chi connectivity index (χ3n) is 4.19. The molecule has 1 atom stereocenters. The zero-order valence-electron chi connectivity index (χ0n) is 11.9. The molecule has 5 heteroatoms. The summed E-state index contributed by atoms with van der Waals surface area (Å²) in [6, 6.07) is 6.47. The highest BCUT2D eigenvalue weighted by Crippen LogP contribution is 2.40. The van der Waals surface area contributed by atoms with E-state index in [0.29, 0.717) is 11.0 Å². The lowest BCUT2D eigenvalue weighted by atomic mass is 9.97. The highest BCUT2D eigenvalue weighted by molar-refractivity contribution is 6.20. The van der Waals surface area contributed by atoms with Crippen LogP contribution in [-0.2, 0) is 9.63 Å². The van der Waals surface area contributed by atoms with Crippen LogP contribution >= 0.6 is 0 Å². The number of rotatable bonds is 5. The van der Waals surface area contributed by atoms with Gasteiger partial charge in [-0.3, -0.25) is 9.59 Å². The molecule has 1 saturated carbocycles. The maximum atomic E-state index is 12.1. The van der Waals surface area contributed by atoms with Crippen LogP contribution in [0.15, 0.2) is 24.3 Å². The summed E-state index contributed by atoms with van der Waals surface area (Å²) in [7, 11) is 0. The summed E-state index contributed by atoms with van der Waals surface area (Å²) < 4.78 is 0. The zero-order chi connectivity index (χ0) is 15.0. The molecule has 110 valence electrons. The molecule has 0 saturated heterocycles. The summed E-state index contributed by atoms with van der Waals surface area (Å²) in [4.78, 5) is 41.1. The van der Waals surface area contributed by atoms with Gasteiger partial charge in [0.25, 0.3) is 11.8 Å². The summed E-state index contributed by atoms with van der Waals surface area (Å²) in [5, 5.41) is 0.590. The molecule has 0 spiro atoms. The topological polar surface area (TPSA) is 63.7 Å². The summed E-state index contributed by atoms with van der Waals surface area (Å²) in [5.41, 5.74) is 0.564. The first-order valence-corrected chi connectivity index (χ1v) is 7.30. The molecule has 2 aliphatic rings. The normalized spacial score (nSPS) is 18.6. The van der Waals surface area contributed by atoms with Crippen LogP contribution in [0.4, 0.5) is 0 Å². The van der Waals surface area contributed by atoms with E-state index in [-0.39, 0.29) is 23.5 Å². The maximum Gasteiger partial charge on any atom is 0.333 e. The van der Waals surface area contributed by atoms with Gasteiger partial charge in [-0.2, -0.15) is 0 Å². The fourth-order valence-corrected chi connectivity index (χ4v) is 2.82. The van der Waals surface area contributed by atoms with Gasteiger partial charge in [0, 0.05) is 0 Å². The average molecular weight is 287 g/mol. The Labute approximate surface area is 122 Å². The quantitative estimate of drug-likeness (QED) is 0.781. The second kappa shape index (κ2) is 5.31. The van der Waals surface area contributed by atoms with Gasteiger partial charge in [-0.25, -0.2) is 4.79 Å². The first-order valence-electron chi connectivity index (χ1n) is 7.30. The van der Waals surface area contributed by atoms with Crippen LogP contribution in [0.3, 0.4) is 0 Å². The van der Waals surface area contributed by atoms with Crippen molar-refractivity contribution in [3.05, 3.63) is 35.4 Å². The Morgan fingerprint density at radius 3 is 2.29 bits per heavy atom. The number of benzene rings is 1. The van der Waals surface area contributed by atoms with Crippen molar-refractivity contribution in [1.29, 1.82) is 0 Å². The van der Waals surface area contributed by atoms with Gasteiger partial charge in [0.15, 0.2) is 0 Å². The monoisotopic (exact) mass is 287 g/mol.